The highest BCUT2D eigenvalue weighted by molar-refractivity contribution is 7.90. The lowest BCUT2D eigenvalue weighted by atomic mass is 10.1. The Morgan fingerprint density at radius 2 is 2.11 bits per heavy atom. The second-order valence-corrected chi connectivity index (χ2v) is 8.07. The average molecular weight is 407 g/mol. The van der Waals surface area contributed by atoms with Crippen LogP contribution in [0.1, 0.15) is 12.5 Å². The maximum absolute atomic E-state index is 13.6. The summed E-state index contributed by atoms with van der Waals surface area (Å²) in [6.07, 6.45) is 3.34. The van der Waals surface area contributed by atoms with Gasteiger partial charge in [-0.2, -0.15) is 0 Å². The second kappa shape index (κ2) is 7.55. The third kappa shape index (κ3) is 4.28. The number of fused-ring (bicyclic) bond motifs is 1. The van der Waals surface area contributed by atoms with Crippen LogP contribution in [0, 0.1) is 12.7 Å². The van der Waals surface area contributed by atoms with Gasteiger partial charge in [0.1, 0.15) is 11.4 Å². The van der Waals surface area contributed by atoms with E-state index in [-0.39, 0.29) is 29.4 Å². The zero-order valence-electron chi connectivity index (χ0n) is 15.2. The molecule has 1 aromatic carbocycles. The standard InChI is InChI=1S/C18H18FN3O5S/c1-11-5-6-13(10-15(11)19)20-17(23)12(2)27-18(24)14-4-3-7-22-8-9-28(25,26)21-16(14)22/h3-7,10,12H,8-9H2,1-2H3,(H,20,23)/t12-/m0/s1. The van der Waals surface area contributed by atoms with E-state index in [1.54, 1.807) is 19.2 Å². The molecule has 2 aliphatic heterocycles. The van der Waals surface area contributed by atoms with Gasteiger partial charge in [0.05, 0.1) is 5.75 Å². The number of esters is 1. The molecule has 2 aliphatic rings. The Morgan fingerprint density at radius 3 is 2.82 bits per heavy atom. The van der Waals surface area contributed by atoms with Crippen molar-refractivity contribution in [3.8, 4) is 0 Å². The smallest absolute Gasteiger partial charge is 0.342 e. The molecule has 1 atom stereocenters. The molecule has 0 saturated carbocycles. The van der Waals surface area contributed by atoms with E-state index in [1.807, 2.05) is 0 Å². The lowest BCUT2D eigenvalue weighted by Crippen LogP contribution is -2.41. The highest BCUT2D eigenvalue weighted by atomic mass is 32.2. The molecule has 28 heavy (non-hydrogen) atoms. The first-order chi connectivity index (χ1) is 13.2. The van der Waals surface area contributed by atoms with E-state index in [4.69, 9.17) is 4.74 Å². The fourth-order valence-corrected chi connectivity index (χ4v) is 3.55. The number of rotatable bonds is 4. The van der Waals surface area contributed by atoms with Crippen LogP contribution in [0.3, 0.4) is 0 Å². The van der Waals surface area contributed by atoms with Gasteiger partial charge in [0.25, 0.3) is 15.9 Å². The van der Waals surface area contributed by atoms with E-state index < -0.39 is 33.8 Å². The molecule has 0 aliphatic carbocycles. The predicted molar refractivity (Wildman–Crippen MR) is 100 cm³/mol. The minimum Gasteiger partial charge on any atom is -0.449 e. The largest absolute Gasteiger partial charge is 0.449 e. The van der Waals surface area contributed by atoms with Crippen molar-refractivity contribution in [1.82, 2.24) is 4.90 Å². The number of hydrogen-bond donors (Lipinski definition) is 1. The Hall–Kier alpha value is -3.01. The lowest BCUT2D eigenvalue weighted by molar-refractivity contribution is -0.148. The van der Waals surface area contributed by atoms with Crippen LogP contribution in [0.15, 0.2) is 46.5 Å². The van der Waals surface area contributed by atoms with Gasteiger partial charge >= 0.3 is 5.97 Å². The molecule has 0 unspecified atom stereocenters. The molecule has 0 bridgehead atoms. The van der Waals surface area contributed by atoms with Crippen LogP contribution in [0.25, 0.3) is 0 Å². The van der Waals surface area contributed by atoms with Crippen molar-refractivity contribution in [2.45, 2.75) is 20.0 Å². The summed E-state index contributed by atoms with van der Waals surface area (Å²) >= 11 is 0. The van der Waals surface area contributed by atoms with E-state index in [1.165, 1.54) is 30.0 Å². The number of sulfonamides is 1. The van der Waals surface area contributed by atoms with Gasteiger partial charge in [-0.25, -0.2) is 17.6 Å². The van der Waals surface area contributed by atoms with Gasteiger partial charge in [0.2, 0.25) is 0 Å². The predicted octanol–water partition coefficient (Wildman–Crippen LogP) is 1.50. The second-order valence-electron chi connectivity index (χ2n) is 6.32. The summed E-state index contributed by atoms with van der Waals surface area (Å²) in [7, 11) is -3.66. The number of carbonyl (C=O) groups excluding carboxylic acids is 2. The number of aryl methyl sites for hydroxylation is 1. The van der Waals surface area contributed by atoms with Crippen molar-refractivity contribution in [2.75, 3.05) is 17.6 Å². The van der Waals surface area contributed by atoms with Crippen LogP contribution < -0.4 is 5.32 Å². The molecule has 0 radical (unpaired) electrons. The van der Waals surface area contributed by atoms with Crippen molar-refractivity contribution in [1.29, 1.82) is 0 Å². The number of carbonyl (C=O) groups is 2. The third-order valence-electron chi connectivity index (χ3n) is 4.17. The van der Waals surface area contributed by atoms with Crippen molar-refractivity contribution in [2.24, 2.45) is 4.40 Å². The third-order valence-corrected chi connectivity index (χ3v) is 5.32. The Morgan fingerprint density at radius 1 is 1.36 bits per heavy atom. The van der Waals surface area contributed by atoms with Gasteiger partial charge in [-0.1, -0.05) is 6.07 Å². The quantitative estimate of drug-likeness (QED) is 0.759. The molecule has 3 rings (SSSR count). The molecular weight excluding hydrogens is 389 g/mol. The van der Waals surface area contributed by atoms with Crippen LogP contribution in [-0.2, 0) is 24.3 Å². The van der Waals surface area contributed by atoms with Gasteiger partial charge in [-0.3, -0.25) is 4.79 Å². The van der Waals surface area contributed by atoms with Gasteiger partial charge in [-0.05, 0) is 43.7 Å². The SMILES string of the molecule is Cc1ccc(NC(=O)[C@H](C)OC(=O)C2=CC=CN3CCS(=O)(=O)N=C23)cc1F. The van der Waals surface area contributed by atoms with Crippen molar-refractivity contribution < 1.29 is 27.1 Å². The number of hydrogen-bond acceptors (Lipinski definition) is 6. The average Bonchev–Trinajstić information content (AvgIpc) is 2.63. The lowest BCUT2D eigenvalue weighted by Gasteiger charge is -2.28. The van der Waals surface area contributed by atoms with Crippen LogP contribution in [0.4, 0.5) is 10.1 Å². The van der Waals surface area contributed by atoms with Crippen LogP contribution in [0.5, 0.6) is 0 Å². The van der Waals surface area contributed by atoms with Crippen molar-refractivity contribution in [3.63, 3.8) is 0 Å². The van der Waals surface area contributed by atoms with Gasteiger partial charge in [0, 0.05) is 18.4 Å². The van der Waals surface area contributed by atoms with Crippen LogP contribution >= 0.6 is 0 Å². The number of nitrogens with one attached hydrogen (secondary N) is 1. The molecule has 1 amide bonds. The first-order valence-electron chi connectivity index (χ1n) is 8.42. The summed E-state index contributed by atoms with van der Waals surface area (Å²) in [5.41, 5.74) is 0.596. The molecule has 0 saturated heterocycles. The number of benzene rings is 1. The molecule has 0 aromatic heterocycles. The molecule has 0 fully saturated rings. The van der Waals surface area contributed by atoms with Gasteiger partial charge in [-0.15, -0.1) is 4.40 Å². The molecule has 148 valence electrons. The Kier molecular flexibility index (Phi) is 5.32. The Bertz CT molecular complexity index is 1030. The van der Waals surface area contributed by atoms with Crippen molar-refractivity contribution >= 4 is 33.4 Å². The van der Waals surface area contributed by atoms with E-state index in [0.29, 0.717) is 5.56 Å². The Labute approximate surface area is 161 Å². The Balaban J connectivity index is 1.70. The molecule has 1 aromatic rings. The molecule has 10 heteroatoms. The number of anilines is 1. The molecule has 2 heterocycles. The van der Waals surface area contributed by atoms with E-state index >= 15 is 0 Å². The zero-order valence-corrected chi connectivity index (χ0v) is 16.0. The fourth-order valence-electron chi connectivity index (χ4n) is 2.57. The highest BCUT2D eigenvalue weighted by Crippen LogP contribution is 2.19. The van der Waals surface area contributed by atoms with E-state index in [2.05, 4.69) is 9.71 Å². The van der Waals surface area contributed by atoms with Gasteiger partial charge < -0.3 is 15.0 Å². The topological polar surface area (TPSA) is 105 Å². The fraction of sp³-hybridized carbons (Fsp3) is 0.278. The summed E-state index contributed by atoms with van der Waals surface area (Å²) in [4.78, 5) is 26.2. The summed E-state index contributed by atoms with van der Waals surface area (Å²) in [6.45, 7) is 3.11. The summed E-state index contributed by atoms with van der Waals surface area (Å²) in [6, 6.07) is 4.20. The van der Waals surface area contributed by atoms with Crippen molar-refractivity contribution in [3.05, 3.63) is 53.5 Å². The number of amides is 1. The maximum Gasteiger partial charge on any atom is 0.342 e. The summed E-state index contributed by atoms with van der Waals surface area (Å²) in [5.74, 6) is -2.21. The minimum absolute atomic E-state index is 0.0352. The molecule has 1 N–H and O–H groups in total. The minimum atomic E-state index is -3.66. The number of ether oxygens (including phenoxy) is 1. The maximum atomic E-state index is 13.6. The molecule has 8 nitrogen and oxygen atoms in total. The summed E-state index contributed by atoms with van der Waals surface area (Å²) < 4.78 is 45.9. The molecular formula is C18H18FN3O5S. The highest BCUT2D eigenvalue weighted by Gasteiger charge is 2.32. The number of nitrogens with zero attached hydrogens (tertiary/aromatic N) is 2. The zero-order chi connectivity index (χ0) is 20.5. The molecule has 0 spiro atoms. The normalized spacial score (nSPS) is 18.5. The number of amidine groups is 1. The first-order valence-corrected chi connectivity index (χ1v) is 10.0. The van der Waals surface area contributed by atoms with Crippen LogP contribution in [0.2, 0.25) is 0 Å². The van der Waals surface area contributed by atoms with Crippen LogP contribution in [-0.4, -0.2) is 49.4 Å². The monoisotopic (exact) mass is 407 g/mol. The summed E-state index contributed by atoms with van der Waals surface area (Å²) in [5, 5.41) is 2.46. The number of allylic oxidation sites excluding steroid dienone is 2. The number of halogens is 1. The van der Waals surface area contributed by atoms with E-state index in [0.717, 1.165) is 6.07 Å². The van der Waals surface area contributed by atoms with Gasteiger partial charge in [0.15, 0.2) is 11.9 Å². The van der Waals surface area contributed by atoms with E-state index in [9.17, 15) is 22.4 Å². The first kappa shape index (κ1) is 19.7.